The van der Waals surface area contributed by atoms with E-state index in [1.54, 1.807) is 6.26 Å². The highest BCUT2D eigenvalue weighted by Crippen LogP contribution is 1.74. The van der Waals surface area contributed by atoms with Crippen molar-refractivity contribution in [2.75, 3.05) is 12.9 Å². The van der Waals surface area contributed by atoms with Crippen molar-refractivity contribution in [1.29, 1.82) is 0 Å². The van der Waals surface area contributed by atoms with Crippen LogP contribution in [0.25, 0.3) is 0 Å². The highest BCUT2D eigenvalue weighted by atomic mass is 32.2. The van der Waals surface area contributed by atoms with Crippen LogP contribution in [0.4, 0.5) is 0 Å². The second kappa shape index (κ2) is 4.02. The molecule has 0 aromatic heterocycles. The third-order valence-electron chi connectivity index (χ3n) is 0.393. The highest BCUT2D eigenvalue weighted by molar-refractivity contribution is 7.87. The molecule has 0 amide bonds. The summed E-state index contributed by atoms with van der Waals surface area (Å²) in [6, 6.07) is 0. The lowest BCUT2D eigenvalue weighted by Gasteiger charge is -1.75. The van der Waals surface area contributed by atoms with E-state index in [1.165, 1.54) is 11.5 Å². The molecule has 1 N–H and O–H groups in total. The molecule has 0 unspecified atom stereocenters. The van der Waals surface area contributed by atoms with Gasteiger partial charge in [-0.3, -0.25) is 4.21 Å². The van der Waals surface area contributed by atoms with E-state index in [-0.39, 0.29) is 6.61 Å². The lowest BCUT2D eigenvalue weighted by molar-refractivity contribution is 0.343. The van der Waals surface area contributed by atoms with Crippen molar-refractivity contribution in [2.45, 2.75) is 0 Å². The SMILES string of the molecule is C[S@@](=O)/C=C/CO. The second-order valence-corrected chi connectivity index (χ2v) is 2.32. The van der Waals surface area contributed by atoms with Crippen molar-refractivity contribution in [2.24, 2.45) is 0 Å². The Morgan fingerprint density at radius 3 is 2.57 bits per heavy atom. The predicted molar refractivity (Wildman–Crippen MR) is 30.3 cm³/mol. The number of aliphatic hydroxyl groups excluding tert-OH is 1. The van der Waals surface area contributed by atoms with E-state index >= 15 is 0 Å². The van der Waals surface area contributed by atoms with Gasteiger partial charge in [0, 0.05) is 22.5 Å². The van der Waals surface area contributed by atoms with Crippen LogP contribution in [0.15, 0.2) is 11.5 Å². The summed E-state index contributed by atoms with van der Waals surface area (Å²) in [5, 5.41) is 9.54. The number of hydrogen-bond donors (Lipinski definition) is 1. The zero-order chi connectivity index (χ0) is 5.70. The van der Waals surface area contributed by atoms with Gasteiger partial charge in [0.2, 0.25) is 0 Å². The Labute approximate surface area is 45.3 Å². The first-order chi connectivity index (χ1) is 3.27. The van der Waals surface area contributed by atoms with Crippen LogP contribution < -0.4 is 0 Å². The lowest BCUT2D eigenvalue weighted by atomic mass is 10.7. The van der Waals surface area contributed by atoms with Crippen LogP contribution in [0.2, 0.25) is 0 Å². The summed E-state index contributed by atoms with van der Waals surface area (Å²) < 4.78 is 10.1. The standard InChI is InChI=1S/C4H8O2S/c1-7(6)4-2-3-5/h2,4-5H,3H2,1H3/b4-2+/t7-/m1/s1. The maximum Gasteiger partial charge on any atom is 0.0621 e. The van der Waals surface area contributed by atoms with Gasteiger partial charge in [0.15, 0.2) is 0 Å². The summed E-state index contributed by atoms with van der Waals surface area (Å²) in [6.07, 6.45) is 3.00. The molecule has 0 aromatic rings. The first kappa shape index (κ1) is 6.85. The summed E-state index contributed by atoms with van der Waals surface area (Å²) in [7, 11) is -0.906. The first-order valence-corrected chi connectivity index (χ1v) is 3.49. The minimum Gasteiger partial charge on any atom is -0.392 e. The molecule has 0 fully saturated rings. The van der Waals surface area contributed by atoms with Gasteiger partial charge in [0.1, 0.15) is 0 Å². The van der Waals surface area contributed by atoms with Gasteiger partial charge in [-0.05, 0) is 0 Å². The molecule has 0 aliphatic heterocycles. The van der Waals surface area contributed by atoms with Gasteiger partial charge in [-0.25, -0.2) is 0 Å². The fourth-order valence-corrected chi connectivity index (χ4v) is 0.536. The lowest BCUT2D eigenvalue weighted by Crippen LogP contribution is -1.77. The Kier molecular flexibility index (Phi) is 3.93. The fraction of sp³-hybridized carbons (Fsp3) is 0.500. The molecule has 0 saturated heterocycles. The minimum absolute atomic E-state index is 0.0282. The van der Waals surface area contributed by atoms with Crippen LogP contribution in [0.5, 0.6) is 0 Å². The topological polar surface area (TPSA) is 37.3 Å². The number of hydrogen-bond acceptors (Lipinski definition) is 2. The van der Waals surface area contributed by atoms with E-state index in [2.05, 4.69) is 0 Å². The van der Waals surface area contributed by atoms with E-state index in [0.29, 0.717) is 0 Å². The van der Waals surface area contributed by atoms with E-state index in [0.717, 1.165) is 0 Å². The van der Waals surface area contributed by atoms with Crippen LogP contribution in [0, 0.1) is 0 Å². The fourth-order valence-electron chi connectivity index (χ4n) is 0.179. The molecule has 7 heavy (non-hydrogen) atoms. The van der Waals surface area contributed by atoms with Gasteiger partial charge in [-0.15, -0.1) is 0 Å². The van der Waals surface area contributed by atoms with Crippen LogP contribution in [-0.2, 0) is 10.8 Å². The molecule has 0 aliphatic carbocycles. The molecule has 0 rings (SSSR count). The Hall–Kier alpha value is -0.150. The number of rotatable bonds is 2. The average molecular weight is 120 g/mol. The van der Waals surface area contributed by atoms with Gasteiger partial charge in [-0.1, -0.05) is 6.08 Å². The van der Waals surface area contributed by atoms with Crippen molar-refractivity contribution in [3.8, 4) is 0 Å². The Bertz CT molecular complexity index is 87.7. The van der Waals surface area contributed by atoms with Crippen LogP contribution in [0.1, 0.15) is 0 Å². The maximum absolute atomic E-state index is 10.1. The summed E-state index contributed by atoms with van der Waals surface area (Å²) in [6.45, 7) is -0.0282. The molecule has 0 radical (unpaired) electrons. The van der Waals surface area contributed by atoms with E-state index in [4.69, 9.17) is 5.11 Å². The molecule has 0 spiro atoms. The van der Waals surface area contributed by atoms with Crippen LogP contribution in [0.3, 0.4) is 0 Å². The smallest absolute Gasteiger partial charge is 0.0621 e. The summed E-state index contributed by atoms with van der Waals surface area (Å²) in [5.41, 5.74) is 0. The quantitative estimate of drug-likeness (QED) is 0.551. The molecule has 2 nitrogen and oxygen atoms in total. The van der Waals surface area contributed by atoms with Crippen molar-refractivity contribution in [3.05, 3.63) is 11.5 Å². The highest BCUT2D eigenvalue weighted by Gasteiger charge is 1.73. The van der Waals surface area contributed by atoms with Crippen LogP contribution >= 0.6 is 0 Å². The molecular formula is C4H8O2S. The van der Waals surface area contributed by atoms with Crippen LogP contribution in [-0.4, -0.2) is 22.2 Å². The number of aliphatic hydroxyl groups is 1. The first-order valence-electron chi connectivity index (χ1n) is 1.87. The van der Waals surface area contributed by atoms with Gasteiger partial charge >= 0.3 is 0 Å². The Balaban J connectivity index is 3.26. The van der Waals surface area contributed by atoms with Crippen molar-refractivity contribution in [1.82, 2.24) is 0 Å². The molecule has 0 bridgehead atoms. The zero-order valence-electron chi connectivity index (χ0n) is 4.13. The third-order valence-corrected chi connectivity index (χ3v) is 0.969. The second-order valence-electron chi connectivity index (χ2n) is 1.05. The molecule has 0 heterocycles. The van der Waals surface area contributed by atoms with E-state index in [9.17, 15) is 4.21 Å². The molecule has 42 valence electrons. The van der Waals surface area contributed by atoms with E-state index < -0.39 is 10.8 Å². The minimum atomic E-state index is -0.906. The zero-order valence-corrected chi connectivity index (χ0v) is 4.94. The molecule has 0 aliphatic rings. The largest absolute Gasteiger partial charge is 0.392 e. The molecule has 0 saturated carbocycles. The normalized spacial score (nSPS) is 15.1. The van der Waals surface area contributed by atoms with Crippen molar-refractivity contribution < 1.29 is 9.32 Å². The van der Waals surface area contributed by atoms with Gasteiger partial charge in [0.05, 0.1) is 6.61 Å². The van der Waals surface area contributed by atoms with Crippen molar-refractivity contribution in [3.63, 3.8) is 0 Å². The Morgan fingerprint density at radius 2 is 2.43 bits per heavy atom. The molecule has 3 heteroatoms. The van der Waals surface area contributed by atoms with E-state index in [1.807, 2.05) is 0 Å². The van der Waals surface area contributed by atoms with Gasteiger partial charge in [-0.2, -0.15) is 0 Å². The monoisotopic (exact) mass is 120 g/mol. The average Bonchev–Trinajstić information content (AvgIpc) is 1.61. The predicted octanol–water partition coefficient (Wildman–Crippen LogP) is -0.129. The van der Waals surface area contributed by atoms with Gasteiger partial charge < -0.3 is 5.11 Å². The maximum atomic E-state index is 10.1. The van der Waals surface area contributed by atoms with Crippen molar-refractivity contribution >= 4 is 10.8 Å². The third kappa shape index (κ3) is 5.85. The molecule has 1 atom stereocenters. The Morgan fingerprint density at radius 1 is 1.86 bits per heavy atom. The molecular weight excluding hydrogens is 112 g/mol. The van der Waals surface area contributed by atoms with Gasteiger partial charge in [0.25, 0.3) is 0 Å². The summed E-state index contributed by atoms with van der Waals surface area (Å²) in [5.74, 6) is 0. The summed E-state index contributed by atoms with van der Waals surface area (Å²) in [4.78, 5) is 0. The molecule has 0 aromatic carbocycles. The summed E-state index contributed by atoms with van der Waals surface area (Å²) >= 11 is 0.